The minimum atomic E-state index is -1.67. The highest BCUT2D eigenvalue weighted by molar-refractivity contribution is 5.73. The molecule has 0 amide bonds. The number of rotatable bonds is 3. The zero-order valence-corrected chi connectivity index (χ0v) is 11.5. The van der Waals surface area contributed by atoms with E-state index in [4.69, 9.17) is 24.1 Å². The molecule has 2 aliphatic rings. The predicted molar refractivity (Wildman–Crippen MR) is 62.4 cm³/mol. The fourth-order valence-electron chi connectivity index (χ4n) is 2.37. The molecule has 0 spiro atoms. The van der Waals surface area contributed by atoms with Crippen LogP contribution in [0.5, 0.6) is 0 Å². The van der Waals surface area contributed by atoms with Gasteiger partial charge in [0.25, 0.3) is 0 Å². The van der Waals surface area contributed by atoms with E-state index >= 15 is 0 Å². The lowest BCUT2D eigenvalue weighted by Gasteiger charge is -2.24. The summed E-state index contributed by atoms with van der Waals surface area (Å²) in [6.45, 7) is 7.11. The van der Waals surface area contributed by atoms with Crippen molar-refractivity contribution in [2.75, 3.05) is 6.61 Å². The number of hydrogen-bond donors (Lipinski definition) is 2. The van der Waals surface area contributed by atoms with Crippen LogP contribution in [0.4, 0.5) is 0 Å². The van der Waals surface area contributed by atoms with Crippen LogP contribution in [0.25, 0.3) is 0 Å². The summed E-state index contributed by atoms with van der Waals surface area (Å²) < 4.78 is 22.2. The van der Waals surface area contributed by atoms with Crippen molar-refractivity contribution in [2.45, 2.75) is 63.7 Å². The molecule has 0 unspecified atom stereocenters. The van der Waals surface area contributed by atoms with E-state index in [0.29, 0.717) is 0 Å². The summed E-state index contributed by atoms with van der Waals surface area (Å²) in [5.41, 5.74) is 0. The largest absolute Gasteiger partial charge is 0.479 e. The molecule has 7 heteroatoms. The molecule has 0 saturated carbocycles. The van der Waals surface area contributed by atoms with Crippen molar-refractivity contribution in [1.29, 1.82) is 0 Å². The number of carboxylic acids is 1. The number of aliphatic hydroxyl groups is 1. The van der Waals surface area contributed by atoms with Crippen molar-refractivity contribution >= 4 is 5.97 Å². The Hall–Kier alpha value is -0.730. The van der Waals surface area contributed by atoms with Crippen molar-refractivity contribution in [3.63, 3.8) is 0 Å². The lowest BCUT2D eigenvalue weighted by Crippen LogP contribution is -2.46. The van der Waals surface area contributed by atoms with E-state index in [2.05, 4.69) is 0 Å². The van der Waals surface area contributed by atoms with Crippen LogP contribution in [-0.2, 0) is 23.7 Å². The first kappa shape index (κ1) is 14.7. The van der Waals surface area contributed by atoms with Gasteiger partial charge in [0, 0.05) is 0 Å². The molecule has 0 aromatic rings. The Morgan fingerprint density at radius 3 is 2.26 bits per heavy atom. The number of carboxylic acid groups (broad SMARTS) is 1. The van der Waals surface area contributed by atoms with Gasteiger partial charge in [-0.1, -0.05) is 0 Å². The highest BCUT2D eigenvalue weighted by Crippen LogP contribution is 2.36. The Kier molecular flexibility index (Phi) is 3.61. The van der Waals surface area contributed by atoms with Gasteiger partial charge in [-0.3, -0.25) is 0 Å². The normalized spacial score (nSPS) is 38.3. The summed E-state index contributed by atoms with van der Waals surface area (Å²) in [6.07, 6.45) is -3.83. The van der Waals surface area contributed by atoms with Gasteiger partial charge in [-0.2, -0.15) is 0 Å². The lowest BCUT2D eigenvalue weighted by atomic mass is 10.0. The Morgan fingerprint density at radius 2 is 1.79 bits per heavy atom. The third-order valence-electron chi connectivity index (χ3n) is 3.12. The van der Waals surface area contributed by atoms with Gasteiger partial charge in [-0.15, -0.1) is 0 Å². The number of ether oxygens (including phenoxy) is 4. The van der Waals surface area contributed by atoms with Crippen LogP contribution in [0.2, 0.25) is 0 Å². The van der Waals surface area contributed by atoms with E-state index < -0.39 is 42.0 Å². The molecule has 0 aromatic heterocycles. The fraction of sp³-hybridized carbons (Fsp3) is 0.917. The molecule has 0 aromatic carbocycles. The van der Waals surface area contributed by atoms with Crippen molar-refractivity contribution < 1.29 is 34.0 Å². The van der Waals surface area contributed by atoms with Crippen molar-refractivity contribution in [1.82, 2.24) is 0 Å². The SMILES string of the molecule is CC1(C)O[C@@H]([C@@H]2COC(C)(C)O2)[C@H]([C@H](O)C(=O)O)O1. The lowest BCUT2D eigenvalue weighted by molar-refractivity contribution is -0.176. The molecule has 0 aliphatic carbocycles. The van der Waals surface area contributed by atoms with Gasteiger partial charge in [0.15, 0.2) is 17.7 Å². The smallest absolute Gasteiger partial charge is 0.335 e. The predicted octanol–water partition coefficient (Wildman–Crippen LogP) is 0.103. The van der Waals surface area contributed by atoms with E-state index in [1.807, 2.05) is 0 Å². The molecule has 2 heterocycles. The number of hydrogen-bond acceptors (Lipinski definition) is 6. The second-order valence-corrected chi connectivity index (χ2v) is 5.71. The molecular weight excluding hydrogens is 256 g/mol. The van der Waals surface area contributed by atoms with E-state index in [0.717, 1.165) is 0 Å². The summed E-state index contributed by atoms with van der Waals surface area (Å²) >= 11 is 0. The fourth-order valence-corrected chi connectivity index (χ4v) is 2.37. The zero-order chi connectivity index (χ0) is 14.4. The summed E-state index contributed by atoms with van der Waals surface area (Å²) in [5.74, 6) is -3.07. The minimum Gasteiger partial charge on any atom is -0.479 e. The average molecular weight is 276 g/mol. The quantitative estimate of drug-likeness (QED) is 0.755. The highest BCUT2D eigenvalue weighted by Gasteiger charge is 2.53. The average Bonchev–Trinajstić information content (AvgIpc) is 2.77. The van der Waals surface area contributed by atoms with E-state index in [1.165, 1.54) is 0 Å². The Bertz CT molecular complexity index is 365. The van der Waals surface area contributed by atoms with Gasteiger partial charge in [-0.05, 0) is 27.7 Å². The molecular formula is C12H20O7. The molecule has 0 bridgehead atoms. The summed E-state index contributed by atoms with van der Waals surface area (Å²) in [4.78, 5) is 10.9. The molecule has 19 heavy (non-hydrogen) atoms. The number of aliphatic hydroxyl groups excluding tert-OH is 1. The van der Waals surface area contributed by atoms with Crippen LogP contribution < -0.4 is 0 Å². The van der Waals surface area contributed by atoms with Gasteiger partial charge in [0.1, 0.15) is 18.3 Å². The first-order valence-electron chi connectivity index (χ1n) is 6.20. The van der Waals surface area contributed by atoms with Gasteiger partial charge in [0.2, 0.25) is 0 Å². The molecule has 2 rings (SSSR count). The van der Waals surface area contributed by atoms with Crippen LogP contribution in [0, 0.1) is 0 Å². The van der Waals surface area contributed by atoms with Crippen molar-refractivity contribution in [3.8, 4) is 0 Å². The Labute approximate surface area is 111 Å². The van der Waals surface area contributed by atoms with Crippen LogP contribution >= 0.6 is 0 Å². The maximum Gasteiger partial charge on any atom is 0.335 e. The maximum absolute atomic E-state index is 10.9. The van der Waals surface area contributed by atoms with E-state index in [1.54, 1.807) is 27.7 Å². The zero-order valence-electron chi connectivity index (χ0n) is 11.5. The second kappa shape index (κ2) is 4.68. The van der Waals surface area contributed by atoms with Gasteiger partial charge < -0.3 is 29.2 Å². The van der Waals surface area contributed by atoms with Crippen LogP contribution in [0.3, 0.4) is 0 Å². The summed E-state index contributed by atoms with van der Waals surface area (Å²) in [5, 5.41) is 18.6. The first-order valence-corrected chi connectivity index (χ1v) is 6.20. The van der Waals surface area contributed by atoms with Crippen molar-refractivity contribution in [3.05, 3.63) is 0 Å². The maximum atomic E-state index is 10.9. The topological polar surface area (TPSA) is 94.5 Å². The number of aliphatic carboxylic acids is 1. The molecule has 7 nitrogen and oxygen atoms in total. The highest BCUT2D eigenvalue weighted by atomic mass is 16.8. The minimum absolute atomic E-state index is 0.264. The molecule has 0 radical (unpaired) electrons. The summed E-state index contributed by atoms with van der Waals surface area (Å²) in [7, 11) is 0. The standard InChI is InChI=1S/C12H20O7/c1-11(2)16-5-6(17-11)8-9(7(13)10(14)15)19-12(3,4)18-8/h6-9,13H,5H2,1-4H3,(H,14,15)/t6-,7-,8-,9-/m0/s1. The Morgan fingerprint density at radius 1 is 1.16 bits per heavy atom. The monoisotopic (exact) mass is 276 g/mol. The number of carbonyl (C=O) groups is 1. The third kappa shape index (κ3) is 3.06. The van der Waals surface area contributed by atoms with Gasteiger partial charge >= 0.3 is 5.97 Å². The van der Waals surface area contributed by atoms with Crippen molar-refractivity contribution in [2.24, 2.45) is 0 Å². The Balaban J connectivity index is 2.15. The van der Waals surface area contributed by atoms with E-state index in [-0.39, 0.29) is 6.61 Å². The molecule has 4 atom stereocenters. The molecule has 2 aliphatic heterocycles. The van der Waals surface area contributed by atoms with Crippen LogP contribution in [-0.4, -0.2) is 58.8 Å². The van der Waals surface area contributed by atoms with Crippen LogP contribution in [0.1, 0.15) is 27.7 Å². The van der Waals surface area contributed by atoms with Gasteiger partial charge in [-0.25, -0.2) is 4.79 Å². The van der Waals surface area contributed by atoms with E-state index in [9.17, 15) is 9.90 Å². The van der Waals surface area contributed by atoms with Crippen LogP contribution in [0.15, 0.2) is 0 Å². The third-order valence-corrected chi connectivity index (χ3v) is 3.12. The van der Waals surface area contributed by atoms with Gasteiger partial charge in [0.05, 0.1) is 6.61 Å². The molecule has 110 valence electrons. The first-order chi connectivity index (χ1) is 8.61. The second-order valence-electron chi connectivity index (χ2n) is 5.71. The summed E-state index contributed by atoms with van der Waals surface area (Å²) in [6, 6.07) is 0. The molecule has 2 saturated heterocycles. The molecule has 2 fully saturated rings. The molecule has 2 N–H and O–H groups in total.